The van der Waals surface area contributed by atoms with Gasteiger partial charge in [-0.2, -0.15) is 0 Å². The summed E-state index contributed by atoms with van der Waals surface area (Å²) in [7, 11) is 1.75. The summed E-state index contributed by atoms with van der Waals surface area (Å²) in [5, 5.41) is 6.82. The van der Waals surface area contributed by atoms with Gasteiger partial charge in [0.1, 0.15) is 5.82 Å². The lowest BCUT2D eigenvalue weighted by molar-refractivity contribution is 0.0170. The molecule has 0 saturated carbocycles. The van der Waals surface area contributed by atoms with Gasteiger partial charge in [0.2, 0.25) is 0 Å². The van der Waals surface area contributed by atoms with Crippen LogP contribution in [0.15, 0.2) is 53.5 Å². The lowest BCUT2D eigenvalue weighted by atomic mass is 10.0. The van der Waals surface area contributed by atoms with Gasteiger partial charge in [0.25, 0.3) is 0 Å². The van der Waals surface area contributed by atoms with Crippen molar-refractivity contribution in [2.75, 3.05) is 39.9 Å². The van der Waals surface area contributed by atoms with Crippen LogP contribution in [0.1, 0.15) is 35.7 Å². The molecule has 0 aromatic heterocycles. The number of guanidine groups is 1. The molecule has 1 heterocycles. The molecule has 2 unspecified atom stereocenters. The molecule has 1 aliphatic heterocycles. The minimum absolute atomic E-state index is 0.0603. The van der Waals surface area contributed by atoms with Gasteiger partial charge in [0, 0.05) is 26.7 Å². The van der Waals surface area contributed by atoms with Gasteiger partial charge in [0.05, 0.1) is 25.3 Å². The summed E-state index contributed by atoms with van der Waals surface area (Å²) in [5.74, 6) is 0.517. The SMILES string of the molecule is CN=C(NCC(c1ccccc1)N1CCOCC1)NC(C)c1ccc(C)c(F)c1. The van der Waals surface area contributed by atoms with E-state index in [1.165, 1.54) is 5.56 Å². The van der Waals surface area contributed by atoms with Crippen molar-refractivity contribution >= 4 is 5.96 Å². The number of hydrogen-bond donors (Lipinski definition) is 2. The van der Waals surface area contributed by atoms with E-state index in [1.54, 1.807) is 20.0 Å². The third kappa shape index (κ3) is 5.78. The van der Waals surface area contributed by atoms with Gasteiger partial charge < -0.3 is 15.4 Å². The van der Waals surface area contributed by atoms with E-state index in [0.717, 1.165) is 38.4 Å². The smallest absolute Gasteiger partial charge is 0.191 e. The maximum Gasteiger partial charge on any atom is 0.191 e. The Bertz CT molecular complexity index is 806. The van der Waals surface area contributed by atoms with E-state index in [4.69, 9.17) is 4.74 Å². The van der Waals surface area contributed by atoms with Crippen molar-refractivity contribution in [3.05, 3.63) is 71.0 Å². The van der Waals surface area contributed by atoms with E-state index in [0.29, 0.717) is 11.5 Å². The molecule has 2 N–H and O–H groups in total. The summed E-state index contributed by atoms with van der Waals surface area (Å²) in [4.78, 5) is 6.80. The zero-order valence-corrected chi connectivity index (χ0v) is 17.5. The quantitative estimate of drug-likeness (QED) is 0.578. The first-order valence-corrected chi connectivity index (χ1v) is 10.2. The Labute approximate surface area is 173 Å². The van der Waals surface area contributed by atoms with E-state index >= 15 is 0 Å². The molecule has 2 aromatic rings. The average Bonchev–Trinajstić information content (AvgIpc) is 2.76. The number of aryl methyl sites for hydroxylation is 1. The Morgan fingerprint density at radius 2 is 1.86 bits per heavy atom. The summed E-state index contributed by atoms with van der Waals surface area (Å²) < 4.78 is 19.4. The van der Waals surface area contributed by atoms with Crippen molar-refractivity contribution in [2.24, 2.45) is 4.99 Å². The minimum Gasteiger partial charge on any atom is -0.379 e. The number of morpholine rings is 1. The number of hydrogen-bond acceptors (Lipinski definition) is 3. The molecule has 2 atom stereocenters. The highest BCUT2D eigenvalue weighted by Gasteiger charge is 2.23. The van der Waals surface area contributed by atoms with Crippen LogP contribution in [0.4, 0.5) is 4.39 Å². The molecule has 0 bridgehead atoms. The van der Waals surface area contributed by atoms with Crippen molar-refractivity contribution in [2.45, 2.75) is 25.9 Å². The van der Waals surface area contributed by atoms with Crippen LogP contribution in [0, 0.1) is 12.7 Å². The number of aliphatic imine (C=N–C) groups is 1. The number of halogens is 1. The molecule has 0 amide bonds. The number of benzene rings is 2. The number of rotatable bonds is 6. The topological polar surface area (TPSA) is 48.9 Å². The van der Waals surface area contributed by atoms with Gasteiger partial charge in [-0.1, -0.05) is 42.5 Å². The summed E-state index contributed by atoms with van der Waals surface area (Å²) >= 11 is 0. The Morgan fingerprint density at radius 3 is 2.52 bits per heavy atom. The van der Waals surface area contributed by atoms with E-state index in [1.807, 2.05) is 25.1 Å². The second-order valence-electron chi connectivity index (χ2n) is 7.40. The van der Waals surface area contributed by atoms with Gasteiger partial charge in [-0.15, -0.1) is 0 Å². The van der Waals surface area contributed by atoms with E-state index in [9.17, 15) is 4.39 Å². The standard InChI is InChI=1S/C23H31FN4O/c1-17-9-10-20(15-21(17)24)18(2)27-23(25-3)26-16-22(19-7-5-4-6-8-19)28-11-13-29-14-12-28/h4-10,15,18,22H,11-14,16H2,1-3H3,(H2,25,26,27). The summed E-state index contributed by atoms with van der Waals surface area (Å²) in [6, 6.07) is 16.0. The average molecular weight is 399 g/mol. The molecule has 3 rings (SSSR count). The van der Waals surface area contributed by atoms with Gasteiger partial charge in [0.15, 0.2) is 5.96 Å². The predicted molar refractivity (Wildman–Crippen MR) is 116 cm³/mol. The highest BCUT2D eigenvalue weighted by Crippen LogP contribution is 2.21. The van der Waals surface area contributed by atoms with E-state index in [2.05, 4.69) is 44.8 Å². The number of nitrogens with zero attached hydrogens (tertiary/aromatic N) is 2. The molecular weight excluding hydrogens is 367 g/mol. The first-order valence-electron chi connectivity index (χ1n) is 10.2. The summed E-state index contributed by atoms with van der Waals surface area (Å²) in [5.41, 5.74) is 2.81. The summed E-state index contributed by atoms with van der Waals surface area (Å²) in [6.07, 6.45) is 0. The number of nitrogens with one attached hydrogen (secondary N) is 2. The maximum atomic E-state index is 13.9. The van der Waals surface area contributed by atoms with Crippen LogP contribution in [-0.4, -0.2) is 50.8 Å². The fraction of sp³-hybridized carbons (Fsp3) is 0.435. The highest BCUT2D eigenvalue weighted by atomic mass is 19.1. The van der Waals surface area contributed by atoms with E-state index < -0.39 is 0 Å². The van der Waals surface area contributed by atoms with E-state index in [-0.39, 0.29) is 17.9 Å². The van der Waals surface area contributed by atoms with Gasteiger partial charge in [-0.3, -0.25) is 9.89 Å². The molecule has 6 heteroatoms. The predicted octanol–water partition coefficient (Wildman–Crippen LogP) is 3.43. The van der Waals surface area contributed by atoms with Crippen LogP contribution < -0.4 is 10.6 Å². The second kappa shape index (κ2) is 10.4. The number of ether oxygens (including phenoxy) is 1. The Balaban J connectivity index is 1.65. The van der Waals surface area contributed by atoms with Crippen molar-refractivity contribution in [3.63, 3.8) is 0 Å². The van der Waals surface area contributed by atoms with Crippen molar-refractivity contribution in [1.82, 2.24) is 15.5 Å². The molecule has 1 saturated heterocycles. The molecule has 1 aliphatic rings. The Morgan fingerprint density at radius 1 is 1.14 bits per heavy atom. The first kappa shape index (κ1) is 21.3. The van der Waals surface area contributed by atoms with Crippen LogP contribution in [0.5, 0.6) is 0 Å². The van der Waals surface area contributed by atoms with Gasteiger partial charge in [-0.05, 0) is 36.6 Å². The lowest BCUT2D eigenvalue weighted by Gasteiger charge is -2.35. The molecule has 5 nitrogen and oxygen atoms in total. The monoisotopic (exact) mass is 398 g/mol. The molecule has 0 aliphatic carbocycles. The van der Waals surface area contributed by atoms with Crippen molar-refractivity contribution in [3.8, 4) is 0 Å². The molecule has 156 valence electrons. The highest BCUT2D eigenvalue weighted by molar-refractivity contribution is 5.80. The fourth-order valence-electron chi connectivity index (χ4n) is 3.58. The maximum absolute atomic E-state index is 13.9. The van der Waals surface area contributed by atoms with Crippen molar-refractivity contribution < 1.29 is 9.13 Å². The second-order valence-corrected chi connectivity index (χ2v) is 7.40. The normalized spacial score (nSPS) is 17.6. The zero-order chi connectivity index (χ0) is 20.6. The van der Waals surface area contributed by atoms with Gasteiger partial charge in [-0.25, -0.2) is 4.39 Å². The van der Waals surface area contributed by atoms with Crippen LogP contribution in [0.2, 0.25) is 0 Å². The minimum atomic E-state index is -0.185. The molecule has 2 aromatic carbocycles. The Hall–Kier alpha value is -2.44. The molecular formula is C23H31FN4O. The van der Waals surface area contributed by atoms with Crippen LogP contribution in [-0.2, 0) is 4.74 Å². The molecule has 0 spiro atoms. The fourth-order valence-corrected chi connectivity index (χ4v) is 3.58. The zero-order valence-electron chi connectivity index (χ0n) is 17.5. The summed E-state index contributed by atoms with van der Waals surface area (Å²) in [6.45, 7) is 7.83. The van der Waals surface area contributed by atoms with Crippen LogP contribution in [0.25, 0.3) is 0 Å². The third-order valence-corrected chi connectivity index (χ3v) is 5.41. The molecule has 1 fully saturated rings. The van der Waals surface area contributed by atoms with Crippen LogP contribution >= 0.6 is 0 Å². The van der Waals surface area contributed by atoms with Crippen molar-refractivity contribution in [1.29, 1.82) is 0 Å². The lowest BCUT2D eigenvalue weighted by Crippen LogP contribution is -2.46. The first-order chi connectivity index (χ1) is 14.1. The largest absolute Gasteiger partial charge is 0.379 e. The molecule has 0 radical (unpaired) electrons. The Kier molecular flexibility index (Phi) is 7.61. The third-order valence-electron chi connectivity index (χ3n) is 5.41. The van der Waals surface area contributed by atoms with Crippen LogP contribution in [0.3, 0.4) is 0 Å². The molecule has 29 heavy (non-hydrogen) atoms. The van der Waals surface area contributed by atoms with Gasteiger partial charge >= 0.3 is 0 Å².